The number of nitrogens with one attached hydrogen (secondary N) is 1. The van der Waals surface area contributed by atoms with E-state index in [2.05, 4.69) is 15.4 Å². The molecule has 0 aliphatic heterocycles. The number of carbonyl (C=O) groups excluding carboxylic acids is 1. The van der Waals surface area contributed by atoms with Gasteiger partial charge in [0.1, 0.15) is 16.9 Å². The second-order valence-electron chi connectivity index (χ2n) is 5.29. The number of benzene rings is 1. The summed E-state index contributed by atoms with van der Waals surface area (Å²) in [5.74, 6) is -0.774. The number of alkyl halides is 2. The topological polar surface area (TPSA) is 102 Å². The Kier molecular flexibility index (Phi) is 4.51. The second kappa shape index (κ2) is 6.64. The number of nitrogens with zero attached hydrogens (tertiary/aromatic N) is 4. The molecule has 0 spiro atoms. The Morgan fingerprint density at radius 1 is 1.38 bits per heavy atom. The number of hydrogen-bond acceptors (Lipinski definition) is 5. The number of nitro benzene ring substituents is 1. The van der Waals surface area contributed by atoms with Gasteiger partial charge in [-0.1, -0.05) is 11.6 Å². The van der Waals surface area contributed by atoms with Crippen molar-refractivity contribution < 1.29 is 18.5 Å². The molecule has 0 atom stereocenters. The fourth-order valence-corrected chi connectivity index (χ4v) is 2.55. The molecule has 0 radical (unpaired) electrons. The van der Waals surface area contributed by atoms with Crippen LogP contribution in [0.25, 0.3) is 5.65 Å². The van der Waals surface area contributed by atoms with Gasteiger partial charge in [0.05, 0.1) is 11.1 Å². The Labute approximate surface area is 149 Å². The van der Waals surface area contributed by atoms with Crippen molar-refractivity contribution >= 4 is 34.5 Å². The Morgan fingerprint density at radius 2 is 2.12 bits per heavy atom. The van der Waals surface area contributed by atoms with Crippen LogP contribution in [0.4, 0.5) is 20.2 Å². The fraction of sp³-hybridized carbons (Fsp3) is 0.133. The first-order valence-electron chi connectivity index (χ1n) is 7.16. The summed E-state index contributed by atoms with van der Waals surface area (Å²) in [6, 6.07) is 4.89. The third kappa shape index (κ3) is 3.18. The summed E-state index contributed by atoms with van der Waals surface area (Å²) in [6.07, 6.45) is -1.74. The van der Waals surface area contributed by atoms with E-state index in [4.69, 9.17) is 11.6 Å². The maximum atomic E-state index is 13.1. The van der Waals surface area contributed by atoms with Crippen molar-refractivity contribution in [1.29, 1.82) is 0 Å². The van der Waals surface area contributed by atoms with Crippen molar-refractivity contribution in [3.8, 4) is 0 Å². The number of nitro groups is 1. The average molecular weight is 382 g/mol. The third-order valence-electron chi connectivity index (χ3n) is 3.50. The smallest absolute Gasteiger partial charge is 0.294 e. The van der Waals surface area contributed by atoms with E-state index in [1.165, 1.54) is 19.1 Å². The summed E-state index contributed by atoms with van der Waals surface area (Å²) < 4.78 is 27.1. The van der Waals surface area contributed by atoms with Gasteiger partial charge >= 0.3 is 0 Å². The Hall–Kier alpha value is -3.14. The first-order chi connectivity index (χ1) is 12.3. The standard InChI is InChI=1S/C15H10ClF2N5O3/c1-7-4-12(13(17)18)22-14(20-7)9(6-19-22)15(24)21-10-3-2-8(16)5-11(10)23(25)26/h2-6,13H,1H3,(H,21,24). The van der Waals surface area contributed by atoms with Gasteiger partial charge < -0.3 is 5.32 Å². The van der Waals surface area contributed by atoms with Gasteiger partial charge in [-0.15, -0.1) is 0 Å². The first kappa shape index (κ1) is 17.7. The van der Waals surface area contributed by atoms with Crippen LogP contribution in [0.5, 0.6) is 0 Å². The van der Waals surface area contributed by atoms with Crippen LogP contribution in [0.2, 0.25) is 5.02 Å². The monoisotopic (exact) mass is 381 g/mol. The number of rotatable bonds is 4. The molecule has 8 nitrogen and oxygen atoms in total. The number of carbonyl (C=O) groups is 1. The molecule has 2 aromatic heterocycles. The zero-order valence-electron chi connectivity index (χ0n) is 13.1. The van der Waals surface area contributed by atoms with Crippen molar-refractivity contribution in [1.82, 2.24) is 14.6 Å². The summed E-state index contributed by atoms with van der Waals surface area (Å²) in [4.78, 5) is 27.0. The number of halogens is 3. The van der Waals surface area contributed by atoms with E-state index in [1.807, 2.05) is 0 Å². The molecule has 0 unspecified atom stereocenters. The zero-order valence-corrected chi connectivity index (χ0v) is 13.9. The van der Waals surface area contributed by atoms with Crippen molar-refractivity contribution in [2.24, 2.45) is 0 Å². The van der Waals surface area contributed by atoms with E-state index < -0.39 is 28.6 Å². The van der Waals surface area contributed by atoms with Crippen LogP contribution in [0, 0.1) is 17.0 Å². The van der Waals surface area contributed by atoms with Gasteiger partial charge in [0.2, 0.25) is 0 Å². The normalized spacial score (nSPS) is 11.1. The first-order valence-corrected chi connectivity index (χ1v) is 7.54. The lowest BCUT2D eigenvalue weighted by Crippen LogP contribution is -2.14. The molecular weight excluding hydrogens is 372 g/mol. The molecule has 0 bridgehead atoms. The predicted octanol–water partition coefficient (Wildman–Crippen LogP) is 3.79. The van der Waals surface area contributed by atoms with Crippen molar-refractivity contribution in [2.45, 2.75) is 13.3 Å². The van der Waals surface area contributed by atoms with Crippen molar-refractivity contribution in [3.63, 3.8) is 0 Å². The van der Waals surface area contributed by atoms with Crippen molar-refractivity contribution in [3.05, 3.63) is 62.6 Å². The lowest BCUT2D eigenvalue weighted by Gasteiger charge is -2.07. The Balaban J connectivity index is 2.03. The van der Waals surface area contributed by atoms with E-state index in [0.29, 0.717) is 0 Å². The maximum Gasteiger partial charge on any atom is 0.294 e. The highest BCUT2D eigenvalue weighted by Crippen LogP contribution is 2.29. The quantitative estimate of drug-likeness (QED) is 0.547. The summed E-state index contributed by atoms with van der Waals surface area (Å²) >= 11 is 5.73. The predicted molar refractivity (Wildman–Crippen MR) is 88.7 cm³/mol. The minimum Gasteiger partial charge on any atom is -0.316 e. The highest BCUT2D eigenvalue weighted by atomic mass is 35.5. The van der Waals surface area contributed by atoms with E-state index >= 15 is 0 Å². The molecule has 0 saturated heterocycles. The zero-order chi connectivity index (χ0) is 19.0. The number of amides is 1. The number of fused-ring (bicyclic) bond motifs is 1. The molecule has 134 valence electrons. The van der Waals surface area contributed by atoms with Gasteiger partial charge in [-0.2, -0.15) is 5.10 Å². The SMILES string of the molecule is Cc1cc(C(F)F)n2ncc(C(=O)Nc3ccc(Cl)cc3[N+](=O)[O-])c2n1. The van der Waals surface area contributed by atoms with Gasteiger partial charge in [-0.05, 0) is 25.1 Å². The van der Waals surface area contributed by atoms with E-state index in [-0.39, 0.29) is 27.6 Å². The van der Waals surface area contributed by atoms with Gasteiger partial charge in [0.25, 0.3) is 18.0 Å². The number of hydrogen-bond donors (Lipinski definition) is 1. The Bertz CT molecular complexity index is 1040. The molecule has 1 amide bonds. The third-order valence-corrected chi connectivity index (χ3v) is 3.74. The summed E-state index contributed by atoms with van der Waals surface area (Å²) in [6.45, 7) is 1.50. The lowest BCUT2D eigenvalue weighted by atomic mass is 10.2. The minimum absolute atomic E-state index is 0.0746. The molecule has 3 aromatic rings. The molecule has 1 N–H and O–H groups in total. The van der Waals surface area contributed by atoms with Crippen LogP contribution < -0.4 is 5.32 Å². The van der Waals surface area contributed by atoms with Crippen LogP contribution in [-0.2, 0) is 0 Å². The molecule has 26 heavy (non-hydrogen) atoms. The number of anilines is 1. The molecule has 0 aliphatic rings. The summed E-state index contributed by atoms with van der Waals surface area (Å²) in [7, 11) is 0. The second-order valence-corrected chi connectivity index (χ2v) is 5.73. The molecule has 1 aromatic carbocycles. The molecule has 3 rings (SSSR count). The van der Waals surface area contributed by atoms with E-state index in [0.717, 1.165) is 22.8 Å². The Morgan fingerprint density at radius 3 is 2.77 bits per heavy atom. The van der Waals surface area contributed by atoms with Gasteiger partial charge in [-0.25, -0.2) is 18.3 Å². The van der Waals surface area contributed by atoms with E-state index in [9.17, 15) is 23.7 Å². The molecule has 2 heterocycles. The van der Waals surface area contributed by atoms with Gasteiger partial charge in [-0.3, -0.25) is 14.9 Å². The minimum atomic E-state index is -2.81. The van der Waals surface area contributed by atoms with Crippen LogP contribution >= 0.6 is 11.6 Å². The summed E-state index contributed by atoms with van der Waals surface area (Å²) in [5, 5.41) is 17.4. The fourth-order valence-electron chi connectivity index (χ4n) is 2.38. The van der Waals surface area contributed by atoms with Crippen LogP contribution in [0.15, 0.2) is 30.5 Å². The molecule has 0 saturated carbocycles. The largest absolute Gasteiger partial charge is 0.316 e. The number of aryl methyl sites for hydroxylation is 1. The lowest BCUT2D eigenvalue weighted by molar-refractivity contribution is -0.383. The molecular formula is C15H10ClF2N5O3. The number of aromatic nitrogens is 3. The highest BCUT2D eigenvalue weighted by Gasteiger charge is 2.22. The van der Waals surface area contributed by atoms with Crippen molar-refractivity contribution in [2.75, 3.05) is 5.32 Å². The highest BCUT2D eigenvalue weighted by molar-refractivity contribution is 6.31. The van der Waals surface area contributed by atoms with Gasteiger partial charge in [0, 0.05) is 16.8 Å². The maximum absolute atomic E-state index is 13.1. The average Bonchev–Trinajstić information content (AvgIpc) is 2.99. The van der Waals surface area contributed by atoms with Crippen LogP contribution in [0.1, 0.15) is 28.2 Å². The summed E-state index contributed by atoms with van der Waals surface area (Å²) in [5.41, 5.74) is -0.802. The molecule has 0 fully saturated rings. The van der Waals surface area contributed by atoms with Crippen LogP contribution in [0.3, 0.4) is 0 Å². The molecule has 11 heteroatoms. The van der Waals surface area contributed by atoms with E-state index in [1.54, 1.807) is 0 Å². The van der Waals surface area contributed by atoms with Crippen LogP contribution in [-0.4, -0.2) is 25.4 Å². The van der Waals surface area contributed by atoms with Gasteiger partial charge in [0.15, 0.2) is 5.65 Å². The molecule has 0 aliphatic carbocycles.